The van der Waals surface area contributed by atoms with Gasteiger partial charge in [-0.1, -0.05) is 26.7 Å². The van der Waals surface area contributed by atoms with Crippen LogP contribution in [0.1, 0.15) is 46.0 Å². The number of unbranched alkanes of at least 4 members (excludes halogenated alkanes) is 1. The summed E-state index contributed by atoms with van der Waals surface area (Å²) in [7, 11) is 0. The number of aliphatic carboxylic acids is 1. The van der Waals surface area contributed by atoms with Gasteiger partial charge in [0.2, 0.25) is 5.91 Å². The first kappa shape index (κ1) is 13.0. The number of carbonyl (C=O) groups excluding carboxylic acids is 1. The van der Waals surface area contributed by atoms with E-state index >= 15 is 0 Å². The normalized spacial score (nSPS) is 22.1. The zero-order valence-corrected chi connectivity index (χ0v) is 10.1. The minimum atomic E-state index is -0.867. The molecule has 0 radical (unpaired) electrons. The zero-order chi connectivity index (χ0) is 12.1. The molecule has 1 N–H and O–H groups in total. The van der Waals surface area contributed by atoms with E-state index in [1.807, 2.05) is 6.92 Å². The van der Waals surface area contributed by atoms with Crippen LogP contribution in [0, 0.1) is 5.92 Å². The molecule has 0 saturated carbocycles. The van der Waals surface area contributed by atoms with Crippen molar-refractivity contribution in [1.82, 2.24) is 4.90 Å². The number of carboxylic acids is 1. The van der Waals surface area contributed by atoms with E-state index in [0.29, 0.717) is 13.0 Å². The van der Waals surface area contributed by atoms with Gasteiger partial charge in [-0.2, -0.15) is 0 Å². The van der Waals surface area contributed by atoms with Gasteiger partial charge in [-0.15, -0.1) is 0 Å². The summed E-state index contributed by atoms with van der Waals surface area (Å²) in [5.41, 5.74) is 0. The van der Waals surface area contributed by atoms with Gasteiger partial charge in [0.1, 0.15) is 6.04 Å². The number of carbonyl (C=O) groups is 2. The predicted octanol–water partition coefficient (Wildman–Crippen LogP) is 1.89. The molecule has 0 bridgehead atoms. The molecular weight excluding hydrogens is 206 g/mol. The Kier molecular flexibility index (Phi) is 4.77. The van der Waals surface area contributed by atoms with Crippen LogP contribution in [-0.2, 0) is 9.59 Å². The molecule has 1 aliphatic rings. The van der Waals surface area contributed by atoms with E-state index in [9.17, 15) is 9.59 Å². The third-order valence-corrected chi connectivity index (χ3v) is 3.23. The van der Waals surface area contributed by atoms with Crippen LogP contribution in [0.25, 0.3) is 0 Å². The number of hydrogen-bond acceptors (Lipinski definition) is 2. The molecule has 4 nitrogen and oxygen atoms in total. The van der Waals surface area contributed by atoms with Gasteiger partial charge in [0.25, 0.3) is 0 Å². The lowest BCUT2D eigenvalue weighted by Gasteiger charge is -2.24. The molecular formula is C12H21NO3. The van der Waals surface area contributed by atoms with E-state index < -0.39 is 12.0 Å². The van der Waals surface area contributed by atoms with Gasteiger partial charge >= 0.3 is 5.97 Å². The fourth-order valence-electron chi connectivity index (χ4n) is 2.20. The third kappa shape index (κ3) is 2.97. The summed E-state index contributed by atoms with van der Waals surface area (Å²) >= 11 is 0. The molecule has 1 fully saturated rings. The van der Waals surface area contributed by atoms with Gasteiger partial charge in [0.15, 0.2) is 0 Å². The Bertz CT molecular complexity index is 265. The summed E-state index contributed by atoms with van der Waals surface area (Å²) in [6.45, 7) is 4.59. The number of rotatable bonds is 5. The number of likely N-dealkylation sites (tertiary alicyclic amines) is 1. The summed E-state index contributed by atoms with van der Waals surface area (Å²) < 4.78 is 0. The van der Waals surface area contributed by atoms with Crippen LogP contribution in [0.3, 0.4) is 0 Å². The molecule has 0 aromatic rings. The van der Waals surface area contributed by atoms with E-state index in [2.05, 4.69) is 6.92 Å². The first-order valence-electron chi connectivity index (χ1n) is 6.11. The van der Waals surface area contributed by atoms with Crippen LogP contribution in [-0.4, -0.2) is 34.5 Å². The molecule has 0 aromatic carbocycles. The molecule has 0 spiro atoms. The highest BCUT2D eigenvalue weighted by atomic mass is 16.4. The van der Waals surface area contributed by atoms with Crippen molar-refractivity contribution < 1.29 is 14.7 Å². The van der Waals surface area contributed by atoms with Crippen molar-refractivity contribution in [2.24, 2.45) is 5.92 Å². The molecule has 1 amide bonds. The summed E-state index contributed by atoms with van der Waals surface area (Å²) in [6, 6.07) is -0.587. The van der Waals surface area contributed by atoms with Crippen LogP contribution in [0.5, 0.6) is 0 Å². The largest absolute Gasteiger partial charge is 0.480 e. The highest BCUT2D eigenvalue weighted by Gasteiger charge is 2.35. The van der Waals surface area contributed by atoms with E-state index in [1.54, 1.807) is 4.90 Å². The summed E-state index contributed by atoms with van der Waals surface area (Å²) in [4.78, 5) is 24.5. The molecule has 0 aliphatic carbocycles. The summed E-state index contributed by atoms with van der Waals surface area (Å²) in [5, 5.41) is 9.00. The van der Waals surface area contributed by atoms with E-state index in [-0.39, 0.29) is 11.8 Å². The minimum absolute atomic E-state index is 0.0124. The van der Waals surface area contributed by atoms with Crippen LogP contribution >= 0.6 is 0 Å². The Morgan fingerprint density at radius 1 is 1.50 bits per heavy atom. The molecule has 16 heavy (non-hydrogen) atoms. The second-order valence-electron chi connectivity index (χ2n) is 4.57. The Balaban J connectivity index is 2.55. The average molecular weight is 227 g/mol. The molecule has 1 unspecified atom stereocenters. The Morgan fingerprint density at radius 2 is 2.19 bits per heavy atom. The Morgan fingerprint density at radius 3 is 2.75 bits per heavy atom. The Hall–Kier alpha value is -1.06. The molecule has 4 heteroatoms. The second kappa shape index (κ2) is 5.87. The van der Waals surface area contributed by atoms with E-state index in [0.717, 1.165) is 25.7 Å². The monoisotopic (exact) mass is 227 g/mol. The minimum Gasteiger partial charge on any atom is -0.480 e. The molecule has 2 atom stereocenters. The topological polar surface area (TPSA) is 57.6 Å². The summed E-state index contributed by atoms with van der Waals surface area (Å²) in [5.74, 6) is -0.896. The Labute approximate surface area is 96.6 Å². The fraction of sp³-hybridized carbons (Fsp3) is 0.833. The van der Waals surface area contributed by atoms with Crippen LogP contribution in [0.4, 0.5) is 0 Å². The highest BCUT2D eigenvalue weighted by Crippen LogP contribution is 2.21. The maximum atomic E-state index is 12.0. The van der Waals surface area contributed by atoms with Crippen molar-refractivity contribution in [1.29, 1.82) is 0 Å². The van der Waals surface area contributed by atoms with Crippen LogP contribution in [0.15, 0.2) is 0 Å². The van der Waals surface area contributed by atoms with Gasteiger partial charge in [-0.25, -0.2) is 4.79 Å². The molecule has 92 valence electrons. The summed E-state index contributed by atoms with van der Waals surface area (Å²) in [6.07, 6.45) is 4.36. The van der Waals surface area contributed by atoms with Crippen molar-refractivity contribution in [3.63, 3.8) is 0 Å². The number of hydrogen-bond donors (Lipinski definition) is 1. The molecule has 1 rings (SSSR count). The first-order chi connectivity index (χ1) is 7.57. The molecule has 1 aliphatic heterocycles. The maximum Gasteiger partial charge on any atom is 0.326 e. The smallest absolute Gasteiger partial charge is 0.326 e. The highest BCUT2D eigenvalue weighted by molar-refractivity contribution is 5.85. The molecule has 1 heterocycles. The average Bonchev–Trinajstić information content (AvgIpc) is 2.73. The third-order valence-electron chi connectivity index (χ3n) is 3.23. The van der Waals surface area contributed by atoms with Gasteiger partial charge < -0.3 is 10.0 Å². The van der Waals surface area contributed by atoms with Crippen molar-refractivity contribution in [2.45, 2.75) is 52.0 Å². The lowest BCUT2D eigenvalue weighted by atomic mass is 10.0. The van der Waals surface area contributed by atoms with Crippen molar-refractivity contribution >= 4 is 11.9 Å². The second-order valence-corrected chi connectivity index (χ2v) is 4.57. The SMILES string of the molecule is CCCCC(C)C(=O)N1CCC[C@H]1C(=O)O. The van der Waals surface area contributed by atoms with E-state index in [1.165, 1.54) is 0 Å². The van der Waals surface area contributed by atoms with Crippen molar-refractivity contribution in [3.05, 3.63) is 0 Å². The van der Waals surface area contributed by atoms with Crippen molar-refractivity contribution in [2.75, 3.05) is 6.54 Å². The van der Waals surface area contributed by atoms with Gasteiger partial charge in [0, 0.05) is 12.5 Å². The van der Waals surface area contributed by atoms with Crippen LogP contribution < -0.4 is 0 Å². The fourth-order valence-corrected chi connectivity index (χ4v) is 2.20. The maximum absolute atomic E-state index is 12.0. The number of nitrogens with zero attached hydrogens (tertiary/aromatic N) is 1. The van der Waals surface area contributed by atoms with Gasteiger partial charge in [0.05, 0.1) is 0 Å². The molecule has 0 aromatic heterocycles. The zero-order valence-electron chi connectivity index (χ0n) is 10.1. The van der Waals surface area contributed by atoms with Crippen LogP contribution in [0.2, 0.25) is 0 Å². The first-order valence-corrected chi connectivity index (χ1v) is 6.11. The lowest BCUT2D eigenvalue weighted by molar-refractivity contribution is -0.149. The molecule has 1 saturated heterocycles. The quantitative estimate of drug-likeness (QED) is 0.780. The standard InChI is InChI=1S/C12H21NO3/c1-3-4-6-9(2)11(14)13-8-5-7-10(13)12(15)16/h9-10H,3-8H2,1-2H3,(H,15,16)/t9?,10-/m0/s1. The van der Waals surface area contributed by atoms with Gasteiger partial charge in [-0.05, 0) is 19.3 Å². The predicted molar refractivity (Wildman–Crippen MR) is 61.1 cm³/mol. The number of carboxylic acid groups (broad SMARTS) is 1. The lowest BCUT2D eigenvalue weighted by Crippen LogP contribution is -2.42. The van der Waals surface area contributed by atoms with Gasteiger partial charge in [-0.3, -0.25) is 4.79 Å². The van der Waals surface area contributed by atoms with Crippen molar-refractivity contribution in [3.8, 4) is 0 Å². The number of amides is 1. The van der Waals surface area contributed by atoms with E-state index in [4.69, 9.17) is 5.11 Å².